The zero-order valence-corrected chi connectivity index (χ0v) is 12.0. The van der Waals surface area contributed by atoms with Gasteiger partial charge in [-0.2, -0.15) is 11.8 Å². The van der Waals surface area contributed by atoms with Gasteiger partial charge in [-0.3, -0.25) is 0 Å². The summed E-state index contributed by atoms with van der Waals surface area (Å²) >= 11 is 1.95. The highest BCUT2D eigenvalue weighted by Gasteiger charge is 1.95. The average Bonchev–Trinajstić information content (AvgIpc) is 2.36. The maximum Gasteiger partial charge on any atom is 0.0540 e. The standard InChI is InChI=1S/C15H21NOS/c1-16(2)10-12-18-13-15-8-6-14(7-9-15)5-3-4-11-17/h6-9,17H,4,10-13H2,1-2H3. The van der Waals surface area contributed by atoms with E-state index in [9.17, 15) is 0 Å². The average molecular weight is 263 g/mol. The minimum atomic E-state index is 0.133. The van der Waals surface area contributed by atoms with E-state index in [1.807, 2.05) is 23.9 Å². The summed E-state index contributed by atoms with van der Waals surface area (Å²) < 4.78 is 0. The SMILES string of the molecule is CN(C)CCSCc1ccc(C#CCCO)cc1. The number of rotatable bonds is 6. The minimum absolute atomic E-state index is 0.133. The number of aliphatic hydroxyl groups excluding tert-OH is 1. The lowest BCUT2D eigenvalue weighted by atomic mass is 10.1. The summed E-state index contributed by atoms with van der Waals surface area (Å²) in [6.07, 6.45) is 0.544. The van der Waals surface area contributed by atoms with Crippen molar-refractivity contribution in [2.24, 2.45) is 0 Å². The summed E-state index contributed by atoms with van der Waals surface area (Å²) in [6.45, 7) is 1.25. The number of benzene rings is 1. The largest absolute Gasteiger partial charge is 0.395 e. The highest BCUT2D eigenvalue weighted by atomic mass is 32.2. The molecular weight excluding hydrogens is 242 g/mol. The lowest BCUT2D eigenvalue weighted by Crippen LogP contribution is -2.14. The molecule has 0 aliphatic carbocycles. The molecule has 0 atom stereocenters. The summed E-state index contributed by atoms with van der Waals surface area (Å²) in [6, 6.07) is 8.36. The monoisotopic (exact) mass is 263 g/mol. The fourth-order valence-electron chi connectivity index (χ4n) is 1.34. The summed E-state index contributed by atoms with van der Waals surface area (Å²) in [5, 5.41) is 8.64. The van der Waals surface area contributed by atoms with Gasteiger partial charge in [0.1, 0.15) is 0 Å². The Bertz CT molecular complexity index is 389. The van der Waals surface area contributed by atoms with Crippen LogP contribution in [0, 0.1) is 11.8 Å². The molecular formula is C15H21NOS. The van der Waals surface area contributed by atoms with Gasteiger partial charge >= 0.3 is 0 Å². The molecule has 3 heteroatoms. The van der Waals surface area contributed by atoms with Gasteiger partial charge in [-0.05, 0) is 31.8 Å². The second kappa shape index (κ2) is 9.04. The molecule has 0 spiro atoms. The van der Waals surface area contributed by atoms with E-state index in [1.54, 1.807) is 0 Å². The Kier molecular flexibility index (Phi) is 7.59. The maximum absolute atomic E-state index is 8.64. The van der Waals surface area contributed by atoms with Gasteiger partial charge in [0, 0.05) is 30.0 Å². The molecule has 0 fully saturated rings. The molecule has 0 aromatic heterocycles. The normalized spacial score (nSPS) is 10.2. The van der Waals surface area contributed by atoms with Crippen molar-refractivity contribution in [1.82, 2.24) is 4.90 Å². The molecule has 1 N–H and O–H groups in total. The Morgan fingerprint density at radius 1 is 1.22 bits per heavy atom. The third kappa shape index (κ3) is 6.70. The van der Waals surface area contributed by atoms with Crippen LogP contribution in [0.3, 0.4) is 0 Å². The topological polar surface area (TPSA) is 23.5 Å². The van der Waals surface area contributed by atoms with Gasteiger partial charge in [0.25, 0.3) is 0 Å². The molecule has 0 unspecified atom stereocenters. The van der Waals surface area contributed by atoms with Crippen molar-refractivity contribution in [3.8, 4) is 11.8 Å². The van der Waals surface area contributed by atoms with E-state index in [-0.39, 0.29) is 6.61 Å². The van der Waals surface area contributed by atoms with E-state index in [0.29, 0.717) is 6.42 Å². The molecule has 18 heavy (non-hydrogen) atoms. The van der Waals surface area contributed by atoms with Crippen LogP contribution in [0.1, 0.15) is 17.5 Å². The quantitative estimate of drug-likeness (QED) is 0.629. The zero-order valence-electron chi connectivity index (χ0n) is 11.1. The zero-order chi connectivity index (χ0) is 13.2. The molecule has 1 aromatic carbocycles. The van der Waals surface area contributed by atoms with Gasteiger partial charge in [-0.15, -0.1) is 0 Å². The van der Waals surface area contributed by atoms with Crippen molar-refractivity contribution >= 4 is 11.8 Å². The van der Waals surface area contributed by atoms with Gasteiger partial charge in [-0.1, -0.05) is 24.0 Å². The van der Waals surface area contributed by atoms with Gasteiger partial charge in [0.2, 0.25) is 0 Å². The van der Waals surface area contributed by atoms with Crippen molar-refractivity contribution in [3.63, 3.8) is 0 Å². The van der Waals surface area contributed by atoms with Crippen molar-refractivity contribution < 1.29 is 5.11 Å². The fourth-order valence-corrected chi connectivity index (χ4v) is 2.41. The van der Waals surface area contributed by atoms with E-state index in [0.717, 1.165) is 23.6 Å². The smallest absolute Gasteiger partial charge is 0.0540 e. The Balaban J connectivity index is 2.34. The second-order valence-electron chi connectivity index (χ2n) is 4.33. The van der Waals surface area contributed by atoms with E-state index in [4.69, 9.17) is 5.11 Å². The van der Waals surface area contributed by atoms with Crippen LogP contribution >= 0.6 is 11.8 Å². The number of hydrogen-bond acceptors (Lipinski definition) is 3. The lowest BCUT2D eigenvalue weighted by Gasteiger charge is -2.08. The van der Waals surface area contributed by atoms with Crippen LogP contribution in [0.25, 0.3) is 0 Å². The highest BCUT2D eigenvalue weighted by molar-refractivity contribution is 7.98. The predicted molar refractivity (Wildman–Crippen MR) is 79.7 cm³/mol. The van der Waals surface area contributed by atoms with Crippen LogP contribution in [0.4, 0.5) is 0 Å². The molecule has 1 aromatic rings. The summed E-state index contributed by atoms with van der Waals surface area (Å²) in [4.78, 5) is 2.20. The van der Waals surface area contributed by atoms with Crippen molar-refractivity contribution in [2.45, 2.75) is 12.2 Å². The summed E-state index contributed by atoms with van der Waals surface area (Å²) in [7, 11) is 4.20. The first kappa shape index (κ1) is 15.1. The van der Waals surface area contributed by atoms with E-state index in [1.165, 1.54) is 5.56 Å². The number of thioether (sulfide) groups is 1. The molecule has 2 nitrogen and oxygen atoms in total. The first-order valence-electron chi connectivity index (χ1n) is 6.13. The number of nitrogens with zero attached hydrogens (tertiary/aromatic N) is 1. The summed E-state index contributed by atoms with van der Waals surface area (Å²) in [5.74, 6) is 8.17. The third-order valence-electron chi connectivity index (χ3n) is 2.38. The van der Waals surface area contributed by atoms with E-state index in [2.05, 4.69) is 43.0 Å². The molecule has 1 rings (SSSR count). The van der Waals surface area contributed by atoms with Gasteiger partial charge in [0.05, 0.1) is 6.61 Å². The van der Waals surface area contributed by atoms with E-state index < -0.39 is 0 Å². The van der Waals surface area contributed by atoms with Gasteiger partial charge in [0.15, 0.2) is 0 Å². The van der Waals surface area contributed by atoms with Crippen LogP contribution in [-0.2, 0) is 5.75 Å². The van der Waals surface area contributed by atoms with Gasteiger partial charge < -0.3 is 10.0 Å². The maximum atomic E-state index is 8.64. The molecule has 98 valence electrons. The minimum Gasteiger partial charge on any atom is -0.395 e. The molecule has 0 saturated heterocycles. The third-order valence-corrected chi connectivity index (χ3v) is 3.38. The highest BCUT2D eigenvalue weighted by Crippen LogP contribution is 2.12. The summed E-state index contributed by atoms with van der Waals surface area (Å²) in [5.41, 5.74) is 2.36. The van der Waals surface area contributed by atoms with Crippen LogP contribution < -0.4 is 0 Å². The Morgan fingerprint density at radius 3 is 2.56 bits per heavy atom. The molecule has 0 bridgehead atoms. The van der Waals surface area contributed by atoms with Crippen molar-refractivity contribution in [3.05, 3.63) is 35.4 Å². The second-order valence-corrected chi connectivity index (χ2v) is 5.43. The molecule has 0 saturated carbocycles. The predicted octanol–water partition coefficient (Wildman–Crippen LogP) is 2.22. The number of hydrogen-bond donors (Lipinski definition) is 1. The Labute approximate surface area is 114 Å². The number of aliphatic hydroxyl groups is 1. The molecule has 0 aliphatic heterocycles. The molecule has 0 aliphatic rings. The van der Waals surface area contributed by atoms with Crippen LogP contribution in [0.15, 0.2) is 24.3 Å². The molecule has 0 radical (unpaired) electrons. The van der Waals surface area contributed by atoms with Crippen molar-refractivity contribution in [1.29, 1.82) is 0 Å². The molecule has 0 amide bonds. The van der Waals surface area contributed by atoms with Crippen molar-refractivity contribution in [2.75, 3.05) is 33.0 Å². The fraction of sp³-hybridized carbons (Fsp3) is 0.467. The van der Waals surface area contributed by atoms with Crippen LogP contribution in [0.2, 0.25) is 0 Å². The lowest BCUT2D eigenvalue weighted by molar-refractivity contribution is 0.305. The first-order valence-corrected chi connectivity index (χ1v) is 7.29. The van der Waals surface area contributed by atoms with Gasteiger partial charge in [-0.25, -0.2) is 0 Å². The molecule has 0 heterocycles. The van der Waals surface area contributed by atoms with E-state index >= 15 is 0 Å². The Hall–Kier alpha value is -0.950. The first-order chi connectivity index (χ1) is 8.72. The van der Waals surface area contributed by atoms with Crippen LogP contribution in [-0.4, -0.2) is 43.0 Å². The van der Waals surface area contributed by atoms with Crippen LogP contribution in [0.5, 0.6) is 0 Å². The Morgan fingerprint density at radius 2 is 1.94 bits per heavy atom.